The maximum Gasteiger partial charge on any atom is 0.198 e. The van der Waals surface area contributed by atoms with Gasteiger partial charge in [0.2, 0.25) is 0 Å². The van der Waals surface area contributed by atoms with Crippen molar-refractivity contribution in [2.75, 3.05) is 0 Å². The minimum atomic E-state index is -0.0530. The Morgan fingerprint density at radius 2 is 0.593 bits per heavy atom. The maximum absolute atomic E-state index is 5.42. The number of fused-ring (bicyclic) bond motifs is 3. The third-order valence-corrected chi connectivity index (χ3v) is 18.5. The second kappa shape index (κ2) is 27.9. The summed E-state index contributed by atoms with van der Waals surface area (Å²) in [6, 6.07) is 87.1. The van der Waals surface area contributed by atoms with Gasteiger partial charge in [0, 0.05) is 44.5 Å². The lowest BCUT2D eigenvalue weighted by molar-refractivity contribution is 0.398. The molecule has 0 saturated carbocycles. The van der Waals surface area contributed by atoms with Gasteiger partial charge in [-0.3, -0.25) is 0 Å². The zero-order valence-electron chi connectivity index (χ0n) is 53.2. The Balaban J connectivity index is 0.872. The van der Waals surface area contributed by atoms with Gasteiger partial charge in [0.1, 0.15) is 0 Å². The van der Waals surface area contributed by atoms with Crippen LogP contribution < -0.4 is 0 Å². The standard InChI is InChI=1S/C85H80N6/c1-5-7-9-11-13-27-49-85(50-28-14-12-10-8-6-2)75-51-59(3)37-47-73(75)74-48-46-69(56-76(74)85)71-53-70(54-72(55-71)82-87-78(64-29-19-15-20-30-64)57-79(88-82)65-31-21-16-22-32-65)63-40-38-61(39-41-63)62-42-44-68(45-43-62)77-52-60(4)86-83(89-77)84-90-80(66-33-23-17-24-34-66)58-81(91-84)67-35-25-18-26-36-67/h15-26,29-48,51-58H,5-14,27-28,49-50H2,1-4H3. The second-order valence-electron chi connectivity index (χ2n) is 25.0. The summed E-state index contributed by atoms with van der Waals surface area (Å²) in [6.45, 7) is 8.92. The third-order valence-electron chi connectivity index (χ3n) is 18.5. The Hall–Kier alpha value is -9.78. The van der Waals surface area contributed by atoms with Gasteiger partial charge in [-0.1, -0.05) is 297 Å². The largest absolute Gasteiger partial charge is 0.231 e. The minimum absolute atomic E-state index is 0.0530. The van der Waals surface area contributed by atoms with E-state index in [-0.39, 0.29) is 5.41 Å². The summed E-state index contributed by atoms with van der Waals surface area (Å²) >= 11 is 0. The molecule has 0 aliphatic heterocycles. The van der Waals surface area contributed by atoms with Crippen molar-refractivity contribution in [3.8, 4) is 124 Å². The molecule has 0 atom stereocenters. The zero-order valence-corrected chi connectivity index (χ0v) is 53.2. The Kier molecular flexibility index (Phi) is 18.5. The molecule has 9 aromatic carbocycles. The van der Waals surface area contributed by atoms with Crippen LogP contribution in [0.4, 0.5) is 0 Å². The summed E-state index contributed by atoms with van der Waals surface area (Å²) < 4.78 is 0. The maximum atomic E-state index is 5.42. The van der Waals surface area contributed by atoms with Gasteiger partial charge in [0.25, 0.3) is 0 Å². The van der Waals surface area contributed by atoms with E-state index in [0.29, 0.717) is 17.5 Å². The molecule has 0 radical (unpaired) electrons. The van der Waals surface area contributed by atoms with Crippen LogP contribution in [0.1, 0.15) is 126 Å². The first-order valence-electron chi connectivity index (χ1n) is 33.3. The average Bonchev–Trinajstić information content (AvgIpc) is 1.58. The quantitative estimate of drug-likeness (QED) is 0.0561. The minimum Gasteiger partial charge on any atom is -0.231 e. The topological polar surface area (TPSA) is 77.3 Å². The molecule has 0 fully saturated rings. The molecule has 0 saturated heterocycles. The number of hydrogen-bond donors (Lipinski definition) is 0. The molecular formula is C85H80N6. The van der Waals surface area contributed by atoms with Crippen LogP contribution in [0.25, 0.3) is 124 Å². The highest BCUT2D eigenvalue weighted by Gasteiger charge is 2.42. The van der Waals surface area contributed by atoms with Gasteiger partial charge in [-0.05, 0) is 125 Å². The monoisotopic (exact) mass is 1180 g/mol. The molecule has 1 aliphatic carbocycles. The predicted octanol–water partition coefficient (Wildman–Crippen LogP) is 23.1. The van der Waals surface area contributed by atoms with Crippen LogP contribution in [-0.2, 0) is 5.41 Å². The van der Waals surface area contributed by atoms with Crippen LogP contribution in [-0.4, -0.2) is 29.9 Å². The number of hydrogen-bond acceptors (Lipinski definition) is 6. The van der Waals surface area contributed by atoms with Crippen molar-refractivity contribution in [2.24, 2.45) is 0 Å². The van der Waals surface area contributed by atoms with Crippen LogP contribution in [0, 0.1) is 13.8 Å². The summed E-state index contributed by atoms with van der Waals surface area (Å²) in [4.78, 5) is 31.0. The highest BCUT2D eigenvalue weighted by Crippen LogP contribution is 2.55. The Bertz CT molecular complexity index is 4300. The van der Waals surface area contributed by atoms with Crippen molar-refractivity contribution < 1.29 is 0 Å². The lowest BCUT2D eigenvalue weighted by Crippen LogP contribution is -2.25. The highest BCUT2D eigenvalue weighted by molar-refractivity contribution is 5.87. The SMILES string of the molecule is CCCCCCCCC1(CCCCCCCC)c2cc(C)ccc2-c2ccc(-c3cc(-c4ccc(-c5ccc(-c6cc(C)nc(-c7nc(-c8ccccc8)cc(-c8ccccc8)n7)n6)cc5)cc4)cc(-c4nc(-c5ccccc5)cc(-c5ccccc5)n4)c3)cc21. The van der Waals surface area contributed by atoms with E-state index in [1.165, 1.54) is 123 Å². The molecule has 13 rings (SSSR count). The van der Waals surface area contributed by atoms with E-state index in [1.807, 2.05) is 55.5 Å². The van der Waals surface area contributed by atoms with E-state index in [0.717, 1.165) is 95.4 Å². The molecule has 0 unspecified atom stereocenters. The molecule has 6 nitrogen and oxygen atoms in total. The van der Waals surface area contributed by atoms with Gasteiger partial charge in [-0.25, -0.2) is 29.9 Å². The lowest BCUT2D eigenvalue weighted by Gasteiger charge is -2.33. The average molecular weight is 1190 g/mol. The van der Waals surface area contributed by atoms with Crippen molar-refractivity contribution in [3.63, 3.8) is 0 Å². The number of rotatable bonds is 24. The number of unbranched alkanes of at least 4 members (excludes halogenated alkanes) is 10. The number of aryl methyl sites for hydroxylation is 2. The number of benzene rings is 9. The molecule has 0 N–H and O–H groups in total. The van der Waals surface area contributed by atoms with Crippen molar-refractivity contribution in [3.05, 3.63) is 265 Å². The fourth-order valence-corrected chi connectivity index (χ4v) is 13.6. The molecule has 6 heteroatoms. The summed E-state index contributed by atoms with van der Waals surface area (Å²) in [7, 11) is 0. The fourth-order valence-electron chi connectivity index (χ4n) is 13.6. The van der Waals surface area contributed by atoms with E-state index >= 15 is 0 Å². The fraction of sp³-hybridized carbons (Fsp3) is 0.224. The van der Waals surface area contributed by atoms with Gasteiger partial charge in [-0.15, -0.1) is 0 Å². The molecule has 0 spiro atoms. The van der Waals surface area contributed by atoms with Crippen molar-refractivity contribution >= 4 is 0 Å². The first-order valence-corrected chi connectivity index (χ1v) is 33.3. The van der Waals surface area contributed by atoms with Crippen LogP contribution in [0.5, 0.6) is 0 Å². The number of nitrogens with zero attached hydrogens (tertiary/aromatic N) is 6. The van der Waals surface area contributed by atoms with Crippen LogP contribution in [0.3, 0.4) is 0 Å². The Morgan fingerprint density at radius 1 is 0.253 bits per heavy atom. The smallest absolute Gasteiger partial charge is 0.198 e. The normalized spacial score (nSPS) is 12.2. The number of aromatic nitrogens is 6. The van der Waals surface area contributed by atoms with Gasteiger partial charge in [0.15, 0.2) is 17.5 Å². The van der Waals surface area contributed by atoms with E-state index in [4.69, 9.17) is 29.9 Å². The summed E-state index contributed by atoms with van der Waals surface area (Å²) in [5.41, 5.74) is 25.1. The Morgan fingerprint density at radius 3 is 1.07 bits per heavy atom. The molecule has 3 heterocycles. The van der Waals surface area contributed by atoms with Gasteiger partial charge in [-0.2, -0.15) is 0 Å². The Labute approximate surface area is 538 Å². The first kappa shape index (κ1) is 60.1. The van der Waals surface area contributed by atoms with Crippen LogP contribution in [0.15, 0.2) is 243 Å². The second-order valence-corrected chi connectivity index (χ2v) is 25.0. The van der Waals surface area contributed by atoms with Crippen LogP contribution >= 0.6 is 0 Å². The molecule has 0 amide bonds. The van der Waals surface area contributed by atoms with Crippen molar-refractivity contribution in [2.45, 2.75) is 123 Å². The van der Waals surface area contributed by atoms with Crippen molar-refractivity contribution in [1.82, 2.24) is 29.9 Å². The van der Waals surface area contributed by atoms with E-state index in [1.54, 1.807) is 0 Å². The first-order chi connectivity index (χ1) is 44.8. The van der Waals surface area contributed by atoms with Gasteiger partial charge in [0.05, 0.1) is 28.5 Å². The van der Waals surface area contributed by atoms with Crippen LogP contribution in [0.2, 0.25) is 0 Å². The molecule has 450 valence electrons. The van der Waals surface area contributed by atoms with E-state index < -0.39 is 0 Å². The molecule has 3 aromatic heterocycles. The summed E-state index contributed by atoms with van der Waals surface area (Å²) in [5.74, 6) is 1.67. The predicted molar refractivity (Wildman–Crippen MR) is 379 cm³/mol. The molecule has 91 heavy (non-hydrogen) atoms. The molecular weight excluding hydrogens is 1100 g/mol. The summed E-state index contributed by atoms with van der Waals surface area (Å²) in [6.07, 6.45) is 17.8. The van der Waals surface area contributed by atoms with Gasteiger partial charge >= 0.3 is 0 Å². The molecule has 0 bridgehead atoms. The van der Waals surface area contributed by atoms with Gasteiger partial charge < -0.3 is 0 Å². The highest BCUT2D eigenvalue weighted by atomic mass is 15.0. The zero-order chi connectivity index (χ0) is 61.9. The van der Waals surface area contributed by atoms with Crippen molar-refractivity contribution in [1.29, 1.82) is 0 Å². The lowest BCUT2D eigenvalue weighted by atomic mass is 9.70. The third kappa shape index (κ3) is 13.6. The molecule has 1 aliphatic rings. The summed E-state index contributed by atoms with van der Waals surface area (Å²) in [5, 5.41) is 0. The van der Waals surface area contributed by atoms with E-state index in [2.05, 4.69) is 215 Å². The molecule has 12 aromatic rings. The van der Waals surface area contributed by atoms with E-state index in [9.17, 15) is 0 Å².